The molecule has 1 atom stereocenters. The highest BCUT2D eigenvalue weighted by Gasteiger charge is 2.54. The highest BCUT2D eigenvalue weighted by atomic mass is 16.5. The Labute approximate surface area is 140 Å². The van der Waals surface area contributed by atoms with Crippen molar-refractivity contribution in [3.63, 3.8) is 0 Å². The van der Waals surface area contributed by atoms with Gasteiger partial charge in [0.2, 0.25) is 11.9 Å². The third-order valence-corrected chi connectivity index (χ3v) is 4.28. The van der Waals surface area contributed by atoms with Crippen LogP contribution < -0.4 is 0 Å². The number of likely N-dealkylation sites (N-methyl/N-ethyl adjacent to an activating group) is 2. The molecular formula is C15H23N6O3+. The van der Waals surface area contributed by atoms with Crippen LogP contribution >= 0.6 is 0 Å². The van der Waals surface area contributed by atoms with E-state index in [2.05, 4.69) is 10.1 Å². The van der Waals surface area contributed by atoms with Gasteiger partial charge in [-0.15, -0.1) is 10.1 Å². The fourth-order valence-electron chi connectivity index (χ4n) is 3.14. The number of amides is 3. The number of ether oxygens (including phenoxy) is 1. The van der Waals surface area contributed by atoms with Crippen LogP contribution in [-0.4, -0.2) is 94.8 Å². The standard InChI is InChI=1S/C15H23N6O3/c1-5-19-13(22)11-12(18(4)15(19)23)16-14-20(11)9-10(3)17-21(14)7-8-24-6-2/h11H,5-9H2,1-4H3/q+1. The Morgan fingerprint density at radius 3 is 2.75 bits per heavy atom. The molecule has 3 amide bonds. The fraction of sp³-hybridized carbons (Fsp3) is 0.667. The summed E-state index contributed by atoms with van der Waals surface area (Å²) in [4.78, 5) is 32.4. The molecule has 130 valence electrons. The number of hydrogen-bond acceptors (Lipinski definition) is 6. The lowest BCUT2D eigenvalue weighted by Crippen LogP contribution is -2.63. The zero-order valence-electron chi connectivity index (χ0n) is 14.5. The quantitative estimate of drug-likeness (QED) is 0.514. The molecule has 3 heterocycles. The minimum absolute atomic E-state index is 0.228. The summed E-state index contributed by atoms with van der Waals surface area (Å²) >= 11 is 0. The second-order valence-corrected chi connectivity index (χ2v) is 5.88. The second kappa shape index (κ2) is 6.31. The van der Waals surface area contributed by atoms with Gasteiger partial charge in [0.05, 0.1) is 12.3 Å². The molecule has 0 aromatic rings. The van der Waals surface area contributed by atoms with Crippen LogP contribution in [0.1, 0.15) is 20.8 Å². The number of hydrogen-bond donors (Lipinski definition) is 0. The Kier molecular flexibility index (Phi) is 4.35. The van der Waals surface area contributed by atoms with Gasteiger partial charge in [0.25, 0.3) is 5.91 Å². The SMILES string of the molecule is CCOCCN1N=C(C)C[N+]2=C1N=C1C2C(=O)N(CC)C(=O)N1C. The van der Waals surface area contributed by atoms with Crippen LogP contribution in [0.4, 0.5) is 4.79 Å². The zero-order chi connectivity index (χ0) is 17.4. The molecule has 0 aromatic carbocycles. The predicted molar refractivity (Wildman–Crippen MR) is 88.2 cm³/mol. The van der Waals surface area contributed by atoms with E-state index in [-0.39, 0.29) is 11.9 Å². The number of nitrogens with zero attached hydrogens (tertiary/aromatic N) is 6. The monoisotopic (exact) mass is 335 g/mol. The first kappa shape index (κ1) is 16.6. The van der Waals surface area contributed by atoms with Crippen molar-refractivity contribution in [1.29, 1.82) is 0 Å². The van der Waals surface area contributed by atoms with Gasteiger partial charge < -0.3 is 4.74 Å². The number of carbonyl (C=O) groups excluding carboxylic acids is 2. The van der Waals surface area contributed by atoms with Crippen molar-refractivity contribution in [3.8, 4) is 0 Å². The minimum atomic E-state index is -0.567. The van der Waals surface area contributed by atoms with Crippen molar-refractivity contribution in [3.05, 3.63) is 0 Å². The number of aliphatic imine (C=N–C) groups is 1. The van der Waals surface area contributed by atoms with E-state index in [0.29, 0.717) is 44.6 Å². The van der Waals surface area contributed by atoms with E-state index in [0.717, 1.165) is 5.71 Å². The van der Waals surface area contributed by atoms with Crippen LogP contribution in [0, 0.1) is 0 Å². The normalized spacial score (nSPS) is 23.5. The summed E-state index contributed by atoms with van der Waals surface area (Å²) in [5.41, 5.74) is 0.891. The second-order valence-electron chi connectivity index (χ2n) is 5.88. The molecule has 3 aliphatic rings. The largest absolute Gasteiger partial charge is 0.416 e. The van der Waals surface area contributed by atoms with Gasteiger partial charge in [0.15, 0.2) is 0 Å². The third-order valence-electron chi connectivity index (χ3n) is 4.28. The van der Waals surface area contributed by atoms with E-state index in [1.807, 2.05) is 18.4 Å². The number of amidine groups is 1. The molecule has 1 saturated heterocycles. The van der Waals surface area contributed by atoms with Crippen molar-refractivity contribution in [2.75, 3.05) is 39.9 Å². The molecule has 0 radical (unpaired) electrons. The first-order valence-electron chi connectivity index (χ1n) is 8.20. The summed E-state index contributed by atoms with van der Waals surface area (Å²) in [5, 5.41) is 6.27. The predicted octanol–water partition coefficient (Wildman–Crippen LogP) is -0.222. The maximum atomic E-state index is 12.8. The average Bonchev–Trinajstić information content (AvgIpc) is 2.93. The van der Waals surface area contributed by atoms with E-state index in [1.165, 1.54) is 9.80 Å². The molecule has 0 saturated carbocycles. The zero-order valence-corrected chi connectivity index (χ0v) is 14.5. The van der Waals surface area contributed by atoms with Crippen LogP contribution in [0.2, 0.25) is 0 Å². The van der Waals surface area contributed by atoms with E-state index >= 15 is 0 Å². The molecule has 9 nitrogen and oxygen atoms in total. The molecule has 0 aromatic heterocycles. The number of guanidine groups is 1. The van der Waals surface area contributed by atoms with Gasteiger partial charge in [-0.1, -0.05) is 4.99 Å². The first-order valence-corrected chi connectivity index (χ1v) is 8.20. The summed E-state index contributed by atoms with van der Waals surface area (Å²) < 4.78 is 7.32. The van der Waals surface area contributed by atoms with E-state index in [1.54, 1.807) is 19.0 Å². The van der Waals surface area contributed by atoms with Crippen LogP contribution in [0.15, 0.2) is 10.1 Å². The van der Waals surface area contributed by atoms with Gasteiger partial charge in [0, 0.05) is 20.2 Å². The molecule has 1 fully saturated rings. The smallest absolute Gasteiger partial charge is 0.378 e. The minimum Gasteiger partial charge on any atom is -0.378 e. The Bertz CT molecular complexity index is 668. The van der Waals surface area contributed by atoms with E-state index in [4.69, 9.17) is 4.74 Å². The van der Waals surface area contributed by atoms with Gasteiger partial charge in [-0.25, -0.2) is 9.37 Å². The molecule has 9 heteroatoms. The lowest BCUT2D eigenvalue weighted by molar-refractivity contribution is -0.527. The molecule has 3 rings (SSSR count). The van der Waals surface area contributed by atoms with Gasteiger partial charge in [-0.05, 0) is 20.8 Å². The van der Waals surface area contributed by atoms with Crippen LogP contribution in [-0.2, 0) is 9.53 Å². The molecule has 24 heavy (non-hydrogen) atoms. The number of hydrazone groups is 1. The van der Waals surface area contributed by atoms with Crippen molar-refractivity contribution < 1.29 is 18.9 Å². The maximum Gasteiger partial charge on any atom is 0.416 e. The van der Waals surface area contributed by atoms with E-state index in [9.17, 15) is 9.59 Å². The summed E-state index contributed by atoms with van der Waals surface area (Å²) in [7, 11) is 1.65. The Morgan fingerprint density at radius 2 is 2.08 bits per heavy atom. The molecular weight excluding hydrogens is 312 g/mol. The molecule has 0 aliphatic carbocycles. The third kappa shape index (κ3) is 2.48. The summed E-state index contributed by atoms with van der Waals surface area (Å²) in [6.45, 7) is 8.21. The topological polar surface area (TPSA) is 80.8 Å². The van der Waals surface area contributed by atoms with Crippen LogP contribution in [0.3, 0.4) is 0 Å². The van der Waals surface area contributed by atoms with Gasteiger partial charge >= 0.3 is 12.0 Å². The number of carbonyl (C=O) groups is 2. The van der Waals surface area contributed by atoms with Gasteiger partial charge in [-0.2, -0.15) is 0 Å². The highest BCUT2D eigenvalue weighted by Crippen LogP contribution is 2.22. The number of imide groups is 1. The highest BCUT2D eigenvalue weighted by molar-refractivity contribution is 6.23. The molecule has 3 aliphatic heterocycles. The van der Waals surface area contributed by atoms with Gasteiger partial charge in [0.1, 0.15) is 13.1 Å². The van der Waals surface area contributed by atoms with E-state index < -0.39 is 6.04 Å². The molecule has 1 unspecified atom stereocenters. The summed E-state index contributed by atoms with van der Waals surface area (Å²) in [5.74, 6) is 0.844. The fourth-order valence-corrected chi connectivity index (χ4v) is 3.14. The lowest BCUT2D eigenvalue weighted by atomic mass is 10.1. The lowest BCUT2D eigenvalue weighted by Gasteiger charge is -2.33. The summed E-state index contributed by atoms with van der Waals surface area (Å²) in [6.07, 6.45) is 0. The maximum absolute atomic E-state index is 12.8. The number of urea groups is 1. The van der Waals surface area contributed by atoms with Crippen LogP contribution in [0.5, 0.6) is 0 Å². The van der Waals surface area contributed by atoms with Crippen LogP contribution in [0.25, 0.3) is 0 Å². The molecule has 0 bridgehead atoms. The van der Waals surface area contributed by atoms with Crippen molar-refractivity contribution in [2.24, 2.45) is 10.1 Å². The average molecular weight is 335 g/mol. The Hall–Kier alpha value is -2.29. The van der Waals surface area contributed by atoms with Gasteiger partial charge in [-0.3, -0.25) is 14.6 Å². The van der Waals surface area contributed by atoms with Crippen molar-refractivity contribution >= 4 is 29.4 Å². The number of fused-ring (bicyclic) bond motifs is 2. The van der Waals surface area contributed by atoms with Crippen molar-refractivity contribution in [1.82, 2.24) is 14.8 Å². The Morgan fingerprint density at radius 1 is 1.33 bits per heavy atom. The molecule has 0 spiro atoms. The molecule has 0 N–H and O–H groups in total. The number of rotatable bonds is 5. The Balaban J connectivity index is 1.94. The van der Waals surface area contributed by atoms with Crippen molar-refractivity contribution in [2.45, 2.75) is 26.8 Å². The summed E-state index contributed by atoms with van der Waals surface area (Å²) in [6, 6.07) is -0.904. The first-order chi connectivity index (χ1) is 11.5.